The Morgan fingerprint density at radius 3 is 1.50 bits per heavy atom. The van der Waals surface area contributed by atoms with Crippen LogP contribution in [0.1, 0.15) is 33.3 Å². The molecule has 0 amide bonds. The van der Waals surface area contributed by atoms with E-state index in [-0.39, 0.29) is 18.3 Å². The highest BCUT2D eigenvalue weighted by atomic mass is 16.7. The first-order valence-corrected chi connectivity index (χ1v) is 14.1. The van der Waals surface area contributed by atoms with Crippen molar-refractivity contribution in [3.05, 3.63) is 115 Å². The molecule has 196 valence electrons. The van der Waals surface area contributed by atoms with Crippen LogP contribution in [0.25, 0.3) is 54.6 Å². The van der Waals surface area contributed by atoms with E-state index < -0.39 is 0 Å². The van der Waals surface area contributed by atoms with Crippen LogP contribution in [0.3, 0.4) is 0 Å². The summed E-state index contributed by atoms with van der Waals surface area (Å²) in [5.74, 6) is 0. The molecule has 0 saturated carbocycles. The van der Waals surface area contributed by atoms with Crippen LogP contribution < -0.4 is 5.46 Å². The lowest BCUT2D eigenvalue weighted by Gasteiger charge is -2.32. The number of benzene rings is 6. The van der Waals surface area contributed by atoms with Crippen LogP contribution in [0.5, 0.6) is 0 Å². The Balaban J connectivity index is 1.40. The Hall–Kier alpha value is -3.92. The lowest BCUT2D eigenvalue weighted by Crippen LogP contribution is -2.41. The van der Waals surface area contributed by atoms with Crippen molar-refractivity contribution in [2.45, 2.75) is 45.8 Å². The lowest BCUT2D eigenvalue weighted by molar-refractivity contribution is 0.00578. The van der Waals surface area contributed by atoms with Crippen LogP contribution in [0.2, 0.25) is 0 Å². The first-order valence-electron chi connectivity index (χ1n) is 14.1. The van der Waals surface area contributed by atoms with E-state index in [0.29, 0.717) is 0 Å². The van der Waals surface area contributed by atoms with Gasteiger partial charge in [0.05, 0.1) is 11.2 Å². The van der Waals surface area contributed by atoms with E-state index in [9.17, 15) is 0 Å². The zero-order valence-electron chi connectivity index (χ0n) is 23.8. The molecule has 0 spiro atoms. The molecular formula is C37H33BO2. The van der Waals surface area contributed by atoms with Crippen LogP contribution in [0.4, 0.5) is 0 Å². The zero-order valence-corrected chi connectivity index (χ0v) is 23.8. The largest absolute Gasteiger partial charge is 0.494 e. The molecule has 6 aromatic carbocycles. The minimum atomic E-state index is -0.365. The molecule has 1 aliphatic rings. The topological polar surface area (TPSA) is 18.5 Å². The van der Waals surface area contributed by atoms with Crippen molar-refractivity contribution in [2.75, 3.05) is 0 Å². The van der Waals surface area contributed by atoms with E-state index in [4.69, 9.17) is 9.31 Å². The van der Waals surface area contributed by atoms with Gasteiger partial charge >= 0.3 is 7.12 Å². The van der Waals surface area contributed by atoms with Crippen LogP contribution in [-0.4, -0.2) is 18.3 Å². The Morgan fingerprint density at radius 2 is 0.950 bits per heavy atom. The third-order valence-electron chi connectivity index (χ3n) is 8.95. The molecule has 0 N–H and O–H groups in total. The predicted octanol–water partition coefficient (Wildman–Crippen LogP) is 9.09. The monoisotopic (exact) mass is 520 g/mol. The van der Waals surface area contributed by atoms with E-state index in [1.54, 1.807) is 0 Å². The van der Waals surface area contributed by atoms with Gasteiger partial charge in [0.15, 0.2) is 0 Å². The SMILES string of the molecule is Cc1ccc(-c2c3ccccc3c(-c3ccc4cc(B5OC(C)(C)C(C)(C)O5)ccc4c3)c3ccccc23)cc1. The Morgan fingerprint density at radius 1 is 0.500 bits per heavy atom. The maximum atomic E-state index is 6.32. The van der Waals surface area contributed by atoms with Crippen molar-refractivity contribution in [2.24, 2.45) is 0 Å². The fraction of sp³-hybridized carbons (Fsp3) is 0.189. The second-order valence-electron chi connectivity index (χ2n) is 12.1. The Bertz CT molecular complexity index is 1840. The van der Waals surface area contributed by atoms with Gasteiger partial charge in [-0.05, 0) is 101 Å². The van der Waals surface area contributed by atoms with E-state index in [0.717, 1.165) is 5.46 Å². The van der Waals surface area contributed by atoms with Crippen LogP contribution in [0, 0.1) is 6.92 Å². The van der Waals surface area contributed by atoms with Gasteiger partial charge < -0.3 is 9.31 Å². The second-order valence-corrected chi connectivity index (χ2v) is 12.1. The van der Waals surface area contributed by atoms with Gasteiger partial charge in [0, 0.05) is 0 Å². The molecule has 0 radical (unpaired) electrons. The molecule has 0 aromatic heterocycles. The fourth-order valence-corrected chi connectivity index (χ4v) is 6.02. The summed E-state index contributed by atoms with van der Waals surface area (Å²) in [6, 6.07) is 39.9. The minimum Gasteiger partial charge on any atom is -0.399 e. The number of fused-ring (bicyclic) bond motifs is 3. The summed E-state index contributed by atoms with van der Waals surface area (Å²) in [5, 5.41) is 7.47. The van der Waals surface area contributed by atoms with Crippen molar-refractivity contribution in [3.63, 3.8) is 0 Å². The summed E-state index contributed by atoms with van der Waals surface area (Å²) in [6.07, 6.45) is 0. The molecule has 0 atom stereocenters. The standard InChI is InChI=1S/C37H33BO2/c1-24-14-16-25(17-15-24)34-30-10-6-8-12-32(30)35(33-13-9-7-11-31(33)34)28-19-18-27-23-29(21-20-26(27)22-28)38-39-36(2,3)37(4,5)40-38/h6-23H,1-5H3. The Labute approximate surface area is 236 Å². The van der Waals surface area contributed by atoms with Gasteiger partial charge in [-0.15, -0.1) is 0 Å². The van der Waals surface area contributed by atoms with E-state index >= 15 is 0 Å². The van der Waals surface area contributed by atoms with Crippen molar-refractivity contribution in [3.8, 4) is 22.3 Å². The molecule has 2 nitrogen and oxygen atoms in total. The van der Waals surface area contributed by atoms with Crippen molar-refractivity contribution in [1.29, 1.82) is 0 Å². The molecule has 3 heteroatoms. The van der Waals surface area contributed by atoms with Crippen LogP contribution in [0.15, 0.2) is 109 Å². The lowest BCUT2D eigenvalue weighted by atomic mass is 9.78. The molecule has 1 aliphatic heterocycles. The molecule has 1 fully saturated rings. The van der Waals surface area contributed by atoms with Crippen molar-refractivity contribution < 1.29 is 9.31 Å². The normalized spacial score (nSPS) is 16.3. The summed E-state index contributed by atoms with van der Waals surface area (Å²) in [5.41, 5.74) is 6.65. The van der Waals surface area contributed by atoms with Gasteiger partial charge in [-0.1, -0.05) is 109 Å². The molecule has 40 heavy (non-hydrogen) atoms. The highest BCUT2D eigenvalue weighted by Gasteiger charge is 2.51. The predicted molar refractivity (Wildman–Crippen MR) is 170 cm³/mol. The quantitative estimate of drug-likeness (QED) is 0.171. The summed E-state index contributed by atoms with van der Waals surface area (Å²) >= 11 is 0. The van der Waals surface area contributed by atoms with Gasteiger partial charge in [-0.3, -0.25) is 0 Å². The molecule has 6 aromatic rings. The third-order valence-corrected chi connectivity index (χ3v) is 8.95. The number of aryl methyl sites for hydroxylation is 1. The van der Waals surface area contributed by atoms with E-state index in [1.165, 1.54) is 60.1 Å². The highest BCUT2D eigenvalue weighted by Crippen LogP contribution is 2.44. The molecule has 0 aliphatic carbocycles. The summed E-state index contributed by atoms with van der Waals surface area (Å²) in [4.78, 5) is 0. The summed E-state index contributed by atoms with van der Waals surface area (Å²) in [7, 11) is -0.365. The van der Waals surface area contributed by atoms with Crippen LogP contribution in [-0.2, 0) is 9.31 Å². The molecule has 0 unspecified atom stereocenters. The maximum absolute atomic E-state index is 6.32. The van der Waals surface area contributed by atoms with E-state index in [2.05, 4.69) is 144 Å². The smallest absolute Gasteiger partial charge is 0.399 e. The first-order chi connectivity index (χ1) is 19.2. The summed E-state index contributed by atoms with van der Waals surface area (Å²) < 4.78 is 12.6. The van der Waals surface area contributed by atoms with Gasteiger partial charge in [-0.2, -0.15) is 0 Å². The first kappa shape index (κ1) is 25.1. The molecule has 1 heterocycles. The minimum absolute atomic E-state index is 0.358. The second kappa shape index (κ2) is 9.06. The van der Waals surface area contributed by atoms with Gasteiger partial charge in [0.2, 0.25) is 0 Å². The van der Waals surface area contributed by atoms with Crippen molar-refractivity contribution in [1.82, 2.24) is 0 Å². The van der Waals surface area contributed by atoms with E-state index in [1.807, 2.05) is 0 Å². The van der Waals surface area contributed by atoms with Gasteiger partial charge in [-0.25, -0.2) is 0 Å². The number of hydrogen-bond acceptors (Lipinski definition) is 2. The molecular weight excluding hydrogens is 487 g/mol. The van der Waals surface area contributed by atoms with Gasteiger partial charge in [0.25, 0.3) is 0 Å². The molecule has 0 bridgehead atoms. The number of rotatable bonds is 3. The van der Waals surface area contributed by atoms with Gasteiger partial charge in [0.1, 0.15) is 0 Å². The average Bonchev–Trinajstić information content (AvgIpc) is 3.18. The van der Waals surface area contributed by atoms with Crippen molar-refractivity contribution >= 4 is 44.9 Å². The average molecular weight is 520 g/mol. The third kappa shape index (κ3) is 3.96. The summed E-state index contributed by atoms with van der Waals surface area (Å²) in [6.45, 7) is 10.5. The molecule has 1 saturated heterocycles. The molecule has 7 rings (SSSR count). The number of hydrogen-bond donors (Lipinski definition) is 0. The van der Waals surface area contributed by atoms with Crippen LogP contribution >= 0.6 is 0 Å². The highest BCUT2D eigenvalue weighted by molar-refractivity contribution is 6.62. The zero-order chi connectivity index (χ0) is 27.6. The maximum Gasteiger partial charge on any atom is 0.494 e. The Kier molecular flexibility index (Phi) is 5.68. The fourth-order valence-electron chi connectivity index (χ4n) is 6.02.